The van der Waals surface area contributed by atoms with Crippen LogP contribution in [0.5, 0.6) is 0 Å². The van der Waals surface area contributed by atoms with Crippen molar-refractivity contribution in [2.75, 3.05) is 13.2 Å². The first kappa shape index (κ1) is 28.0. The maximum atomic E-state index is 11.7. The van der Waals surface area contributed by atoms with Gasteiger partial charge in [0.2, 0.25) is 0 Å². The zero-order valence-electron chi connectivity index (χ0n) is 19.2. The quantitative estimate of drug-likeness (QED) is 0.116. The Balaban J connectivity index is 3.13. The van der Waals surface area contributed by atoms with Gasteiger partial charge in [-0.2, -0.15) is 0 Å². The molecule has 0 fully saturated rings. The van der Waals surface area contributed by atoms with Gasteiger partial charge in [0.05, 0.1) is 13.2 Å². The topological polar surface area (TPSA) is 35.5 Å². The van der Waals surface area contributed by atoms with Crippen LogP contribution in [0.1, 0.15) is 142 Å². The van der Waals surface area contributed by atoms with Gasteiger partial charge in [-0.3, -0.25) is 9.05 Å². The van der Waals surface area contributed by atoms with E-state index < -0.39 is 8.25 Å². The highest BCUT2D eigenvalue weighted by Crippen LogP contribution is 2.25. The van der Waals surface area contributed by atoms with Crippen LogP contribution in [0.4, 0.5) is 0 Å². The fourth-order valence-corrected chi connectivity index (χ4v) is 4.13. The van der Waals surface area contributed by atoms with Crippen LogP contribution in [0.25, 0.3) is 0 Å². The van der Waals surface area contributed by atoms with Gasteiger partial charge >= 0.3 is 8.25 Å². The van der Waals surface area contributed by atoms with Crippen molar-refractivity contribution in [3.63, 3.8) is 0 Å². The molecule has 0 aromatic rings. The summed E-state index contributed by atoms with van der Waals surface area (Å²) < 4.78 is 22.3. The lowest BCUT2D eigenvalue weighted by atomic mass is 10.1. The summed E-state index contributed by atoms with van der Waals surface area (Å²) in [5, 5.41) is 0. The van der Waals surface area contributed by atoms with Gasteiger partial charge in [-0.15, -0.1) is 0 Å². The number of hydrogen-bond donors (Lipinski definition) is 0. The lowest BCUT2D eigenvalue weighted by Crippen LogP contribution is -1.92. The highest BCUT2D eigenvalue weighted by atomic mass is 31.1. The maximum absolute atomic E-state index is 11.7. The van der Waals surface area contributed by atoms with E-state index in [4.69, 9.17) is 9.05 Å². The van der Waals surface area contributed by atoms with Crippen LogP contribution < -0.4 is 0 Å². The second kappa shape index (κ2) is 25.1. The zero-order valence-corrected chi connectivity index (χ0v) is 20.1. The summed E-state index contributed by atoms with van der Waals surface area (Å²) >= 11 is 0. The van der Waals surface area contributed by atoms with Crippen LogP contribution in [0, 0.1) is 0 Å². The van der Waals surface area contributed by atoms with Crippen LogP contribution in [0.3, 0.4) is 0 Å². The molecule has 0 aromatic carbocycles. The third kappa shape index (κ3) is 24.1. The molecule has 0 amide bonds. The predicted molar refractivity (Wildman–Crippen MR) is 123 cm³/mol. The van der Waals surface area contributed by atoms with E-state index in [-0.39, 0.29) is 0 Å². The predicted octanol–water partition coefficient (Wildman–Crippen LogP) is 9.52. The molecule has 0 rings (SSSR count). The average molecular weight is 418 g/mol. The van der Waals surface area contributed by atoms with E-state index in [9.17, 15) is 4.57 Å². The molecule has 0 N–H and O–H groups in total. The largest absolute Gasteiger partial charge is 0.368 e. The Morgan fingerprint density at radius 2 is 0.679 bits per heavy atom. The summed E-state index contributed by atoms with van der Waals surface area (Å²) in [4.78, 5) is 0. The van der Waals surface area contributed by atoms with Crippen molar-refractivity contribution in [1.29, 1.82) is 0 Å². The highest BCUT2D eigenvalue weighted by molar-refractivity contribution is 7.33. The molecular weight excluding hydrogens is 367 g/mol. The van der Waals surface area contributed by atoms with Crippen LogP contribution in [-0.2, 0) is 13.6 Å². The van der Waals surface area contributed by atoms with Crippen LogP contribution in [-0.4, -0.2) is 13.2 Å². The Morgan fingerprint density at radius 1 is 0.429 bits per heavy atom. The fraction of sp³-hybridized carbons (Fsp3) is 1.00. The van der Waals surface area contributed by atoms with Crippen molar-refractivity contribution >= 4 is 8.25 Å². The van der Waals surface area contributed by atoms with E-state index >= 15 is 0 Å². The first-order valence-electron chi connectivity index (χ1n) is 12.5. The molecule has 169 valence electrons. The Hall–Kier alpha value is 0.0200. The molecule has 0 saturated carbocycles. The molecular formula is C24H50O3P. The first-order chi connectivity index (χ1) is 13.8. The van der Waals surface area contributed by atoms with Gasteiger partial charge in [0.15, 0.2) is 0 Å². The highest BCUT2D eigenvalue weighted by Gasteiger charge is 2.02. The minimum absolute atomic E-state index is 0.573. The van der Waals surface area contributed by atoms with Crippen molar-refractivity contribution in [2.24, 2.45) is 0 Å². The summed E-state index contributed by atoms with van der Waals surface area (Å²) in [6.45, 7) is 5.67. The molecule has 0 aliphatic carbocycles. The van der Waals surface area contributed by atoms with E-state index in [0.29, 0.717) is 13.2 Å². The maximum Gasteiger partial charge on any atom is 0.368 e. The van der Waals surface area contributed by atoms with Gasteiger partial charge in [-0.1, -0.05) is 129 Å². The molecule has 0 aromatic heterocycles. The van der Waals surface area contributed by atoms with E-state index in [1.165, 1.54) is 116 Å². The summed E-state index contributed by atoms with van der Waals surface area (Å²) in [7, 11) is -1.90. The Labute approximate surface area is 177 Å². The van der Waals surface area contributed by atoms with Crippen LogP contribution in [0.2, 0.25) is 0 Å². The minimum atomic E-state index is -1.90. The van der Waals surface area contributed by atoms with Gasteiger partial charge in [-0.25, -0.2) is 4.57 Å². The molecule has 1 radical (unpaired) electrons. The summed E-state index contributed by atoms with van der Waals surface area (Å²) in [6, 6.07) is 0. The Bertz CT molecular complexity index is 282. The van der Waals surface area contributed by atoms with Gasteiger partial charge < -0.3 is 0 Å². The first-order valence-corrected chi connectivity index (χ1v) is 13.6. The molecule has 0 heterocycles. The van der Waals surface area contributed by atoms with Crippen LogP contribution >= 0.6 is 8.25 Å². The molecule has 0 aliphatic heterocycles. The van der Waals surface area contributed by atoms with Crippen LogP contribution in [0.15, 0.2) is 0 Å². The van der Waals surface area contributed by atoms with E-state index in [1.54, 1.807) is 0 Å². The smallest absolute Gasteiger partial charge is 0.283 e. The molecule has 0 atom stereocenters. The standard InChI is InChI=1S/C24H50O3P/c1-3-5-7-9-11-13-15-17-19-21-23-26-28(25)27-24-22-20-18-16-14-12-10-8-6-4-2/h3-24H2,1-2H3. The Morgan fingerprint density at radius 3 is 0.964 bits per heavy atom. The molecule has 0 saturated heterocycles. The molecule has 0 bridgehead atoms. The van der Waals surface area contributed by atoms with Crippen molar-refractivity contribution < 1.29 is 13.6 Å². The average Bonchev–Trinajstić information content (AvgIpc) is 2.70. The zero-order chi connectivity index (χ0) is 20.5. The van der Waals surface area contributed by atoms with Gasteiger partial charge in [0.1, 0.15) is 0 Å². The number of unbranched alkanes of at least 4 members (excludes halogenated alkanes) is 18. The van der Waals surface area contributed by atoms with Crippen molar-refractivity contribution in [3.8, 4) is 0 Å². The fourth-order valence-electron chi connectivity index (χ4n) is 3.49. The molecule has 3 nitrogen and oxygen atoms in total. The van der Waals surface area contributed by atoms with E-state index in [1.807, 2.05) is 0 Å². The van der Waals surface area contributed by atoms with Gasteiger partial charge in [0.25, 0.3) is 0 Å². The summed E-state index contributed by atoms with van der Waals surface area (Å²) in [6.07, 6.45) is 26.1. The van der Waals surface area contributed by atoms with Gasteiger partial charge in [0, 0.05) is 0 Å². The summed E-state index contributed by atoms with van der Waals surface area (Å²) in [5.41, 5.74) is 0. The third-order valence-corrected chi connectivity index (χ3v) is 6.18. The minimum Gasteiger partial charge on any atom is -0.283 e. The van der Waals surface area contributed by atoms with Crippen molar-refractivity contribution in [3.05, 3.63) is 0 Å². The molecule has 28 heavy (non-hydrogen) atoms. The lowest BCUT2D eigenvalue weighted by Gasteiger charge is -2.05. The number of rotatable bonds is 24. The second-order valence-electron chi connectivity index (χ2n) is 8.25. The van der Waals surface area contributed by atoms with Gasteiger partial charge in [-0.05, 0) is 12.8 Å². The summed E-state index contributed by atoms with van der Waals surface area (Å²) in [5.74, 6) is 0. The molecule has 0 unspecified atom stereocenters. The van der Waals surface area contributed by atoms with E-state index in [2.05, 4.69) is 13.8 Å². The monoisotopic (exact) mass is 417 g/mol. The Kier molecular flexibility index (Phi) is 25.1. The molecule has 4 heteroatoms. The van der Waals surface area contributed by atoms with Crippen molar-refractivity contribution in [2.45, 2.75) is 142 Å². The second-order valence-corrected chi connectivity index (χ2v) is 9.22. The normalized spacial score (nSPS) is 11.2. The van der Waals surface area contributed by atoms with Crippen molar-refractivity contribution in [1.82, 2.24) is 0 Å². The third-order valence-electron chi connectivity index (χ3n) is 5.39. The van der Waals surface area contributed by atoms with E-state index in [0.717, 1.165) is 12.8 Å². The number of hydrogen-bond acceptors (Lipinski definition) is 3. The molecule has 0 spiro atoms. The lowest BCUT2D eigenvalue weighted by molar-refractivity contribution is 0.218. The SMILES string of the molecule is CCCCCCCCCCCCO[P](=O)OCCCCCCCCCCCC. The molecule has 0 aliphatic rings.